The molecule has 21 heavy (non-hydrogen) atoms. The van der Waals surface area contributed by atoms with E-state index in [2.05, 4.69) is 0 Å². The molecule has 0 heterocycles. The topological polar surface area (TPSA) is 57.6 Å². The molecule has 1 unspecified atom stereocenters. The molecule has 0 bridgehead atoms. The predicted octanol–water partition coefficient (Wildman–Crippen LogP) is 3.15. The van der Waals surface area contributed by atoms with Crippen molar-refractivity contribution in [2.24, 2.45) is 5.92 Å². The average molecular weight is 312 g/mol. The quantitative estimate of drug-likeness (QED) is 0.841. The second-order valence-corrected chi connectivity index (χ2v) is 5.66. The zero-order valence-electron chi connectivity index (χ0n) is 12.7. The summed E-state index contributed by atoms with van der Waals surface area (Å²) >= 11 is 6.06. The van der Waals surface area contributed by atoms with Gasteiger partial charge in [0.15, 0.2) is 0 Å². The van der Waals surface area contributed by atoms with Gasteiger partial charge in [-0.15, -0.1) is 0 Å². The van der Waals surface area contributed by atoms with Gasteiger partial charge >= 0.3 is 5.97 Å². The van der Waals surface area contributed by atoms with E-state index in [9.17, 15) is 9.59 Å². The van der Waals surface area contributed by atoms with Crippen molar-refractivity contribution in [2.75, 3.05) is 13.1 Å². The Balaban J connectivity index is 2.58. The zero-order chi connectivity index (χ0) is 16.0. The van der Waals surface area contributed by atoms with Gasteiger partial charge in [-0.3, -0.25) is 9.59 Å². The van der Waals surface area contributed by atoms with Crippen LogP contribution >= 0.6 is 11.6 Å². The molecule has 0 aliphatic rings. The first-order valence-electron chi connectivity index (χ1n) is 7.10. The van der Waals surface area contributed by atoms with E-state index in [0.717, 1.165) is 11.1 Å². The Bertz CT molecular complexity index is 516. The fourth-order valence-corrected chi connectivity index (χ4v) is 2.22. The SMILES string of the molecule is CCN(CC(C)C(=O)O)C(=O)CCc1ccc(C)c(Cl)c1. The lowest BCUT2D eigenvalue weighted by Crippen LogP contribution is -2.36. The van der Waals surface area contributed by atoms with E-state index in [1.54, 1.807) is 11.8 Å². The second kappa shape index (κ2) is 8.03. The summed E-state index contributed by atoms with van der Waals surface area (Å²) < 4.78 is 0. The molecule has 1 N–H and O–H groups in total. The van der Waals surface area contributed by atoms with E-state index < -0.39 is 11.9 Å². The summed E-state index contributed by atoms with van der Waals surface area (Å²) in [5.74, 6) is -1.46. The van der Waals surface area contributed by atoms with Crippen molar-refractivity contribution >= 4 is 23.5 Å². The zero-order valence-corrected chi connectivity index (χ0v) is 13.5. The molecule has 0 radical (unpaired) electrons. The minimum atomic E-state index is -0.883. The number of carbonyl (C=O) groups is 2. The maximum absolute atomic E-state index is 12.2. The van der Waals surface area contributed by atoms with Crippen LogP contribution in [0.1, 0.15) is 31.4 Å². The fourth-order valence-electron chi connectivity index (χ4n) is 2.02. The van der Waals surface area contributed by atoms with Gasteiger partial charge in [0.25, 0.3) is 0 Å². The summed E-state index contributed by atoms with van der Waals surface area (Å²) in [6.45, 7) is 6.17. The molecule has 5 heteroatoms. The van der Waals surface area contributed by atoms with Crippen LogP contribution in [0.25, 0.3) is 0 Å². The molecular formula is C16H22ClNO3. The van der Waals surface area contributed by atoms with E-state index in [0.29, 0.717) is 24.4 Å². The van der Waals surface area contributed by atoms with Gasteiger partial charge in [0.2, 0.25) is 5.91 Å². The number of halogens is 1. The Kier molecular flexibility index (Phi) is 6.69. The van der Waals surface area contributed by atoms with Crippen LogP contribution in [0, 0.1) is 12.8 Å². The minimum Gasteiger partial charge on any atom is -0.481 e. The van der Waals surface area contributed by atoms with Crippen LogP contribution in [0.4, 0.5) is 0 Å². The molecular weight excluding hydrogens is 290 g/mol. The van der Waals surface area contributed by atoms with Crippen molar-refractivity contribution in [1.82, 2.24) is 4.90 Å². The number of benzene rings is 1. The van der Waals surface area contributed by atoms with Gasteiger partial charge in [0.05, 0.1) is 5.92 Å². The molecule has 1 aromatic rings. The van der Waals surface area contributed by atoms with Crippen molar-refractivity contribution in [2.45, 2.75) is 33.6 Å². The molecule has 1 atom stereocenters. The number of aryl methyl sites for hydroxylation is 2. The van der Waals surface area contributed by atoms with Crippen LogP contribution in [0.15, 0.2) is 18.2 Å². The Morgan fingerprint density at radius 3 is 2.57 bits per heavy atom. The first kappa shape index (κ1) is 17.5. The van der Waals surface area contributed by atoms with Crippen LogP contribution < -0.4 is 0 Å². The lowest BCUT2D eigenvalue weighted by Gasteiger charge is -2.23. The maximum Gasteiger partial charge on any atom is 0.308 e. The van der Waals surface area contributed by atoms with Crippen molar-refractivity contribution in [3.63, 3.8) is 0 Å². The molecule has 0 aliphatic carbocycles. The number of hydrogen-bond acceptors (Lipinski definition) is 2. The normalized spacial score (nSPS) is 12.0. The van der Waals surface area contributed by atoms with Crippen LogP contribution in [0.2, 0.25) is 5.02 Å². The van der Waals surface area contributed by atoms with Crippen molar-refractivity contribution in [3.8, 4) is 0 Å². The summed E-state index contributed by atoms with van der Waals surface area (Å²) in [6, 6.07) is 5.78. The van der Waals surface area contributed by atoms with Crippen molar-refractivity contribution in [3.05, 3.63) is 34.3 Å². The molecule has 0 saturated heterocycles. The third-order valence-corrected chi connectivity index (χ3v) is 3.92. The number of rotatable bonds is 7. The first-order valence-corrected chi connectivity index (χ1v) is 7.48. The van der Waals surface area contributed by atoms with Gasteiger partial charge in [0, 0.05) is 24.5 Å². The van der Waals surface area contributed by atoms with Gasteiger partial charge in [-0.2, -0.15) is 0 Å². The lowest BCUT2D eigenvalue weighted by molar-refractivity contribution is -0.143. The van der Waals surface area contributed by atoms with E-state index in [1.165, 1.54) is 0 Å². The van der Waals surface area contributed by atoms with Crippen molar-refractivity contribution < 1.29 is 14.7 Å². The van der Waals surface area contributed by atoms with Crippen molar-refractivity contribution in [1.29, 1.82) is 0 Å². The van der Waals surface area contributed by atoms with Crippen LogP contribution in [-0.2, 0) is 16.0 Å². The Hall–Kier alpha value is -1.55. The van der Waals surface area contributed by atoms with Gasteiger partial charge in [-0.1, -0.05) is 30.7 Å². The highest BCUT2D eigenvalue weighted by molar-refractivity contribution is 6.31. The molecule has 0 saturated carbocycles. The Morgan fingerprint density at radius 2 is 2.05 bits per heavy atom. The van der Waals surface area contributed by atoms with Crippen LogP contribution in [0.5, 0.6) is 0 Å². The summed E-state index contributed by atoms with van der Waals surface area (Å²) in [7, 11) is 0. The highest BCUT2D eigenvalue weighted by Crippen LogP contribution is 2.18. The number of carbonyl (C=O) groups excluding carboxylic acids is 1. The number of carboxylic acid groups (broad SMARTS) is 1. The van der Waals surface area contributed by atoms with Gasteiger partial charge < -0.3 is 10.0 Å². The Morgan fingerprint density at radius 1 is 1.38 bits per heavy atom. The van der Waals surface area contributed by atoms with Gasteiger partial charge in [0.1, 0.15) is 0 Å². The standard InChI is InChI=1S/C16H22ClNO3/c1-4-18(10-12(3)16(20)21)15(19)8-7-13-6-5-11(2)14(17)9-13/h5-6,9,12H,4,7-8,10H2,1-3H3,(H,20,21). The number of carboxylic acids is 1. The molecule has 0 aliphatic heterocycles. The summed E-state index contributed by atoms with van der Waals surface area (Å²) in [5.41, 5.74) is 2.03. The smallest absolute Gasteiger partial charge is 0.308 e. The van der Waals surface area contributed by atoms with E-state index in [4.69, 9.17) is 16.7 Å². The molecule has 1 rings (SSSR count). The van der Waals surface area contributed by atoms with E-state index in [1.807, 2.05) is 32.0 Å². The largest absolute Gasteiger partial charge is 0.481 e. The monoisotopic (exact) mass is 311 g/mol. The highest BCUT2D eigenvalue weighted by atomic mass is 35.5. The fraction of sp³-hybridized carbons (Fsp3) is 0.500. The summed E-state index contributed by atoms with van der Waals surface area (Å²) in [6.07, 6.45) is 0.969. The molecule has 0 fully saturated rings. The van der Waals surface area contributed by atoms with E-state index >= 15 is 0 Å². The molecule has 1 amide bonds. The van der Waals surface area contributed by atoms with Gasteiger partial charge in [-0.05, 0) is 37.5 Å². The number of nitrogens with zero attached hydrogens (tertiary/aromatic N) is 1. The molecule has 0 aromatic heterocycles. The van der Waals surface area contributed by atoms with E-state index in [-0.39, 0.29) is 12.5 Å². The molecule has 0 spiro atoms. The van der Waals surface area contributed by atoms with Gasteiger partial charge in [-0.25, -0.2) is 0 Å². The second-order valence-electron chi connectivity index (χ2n) is 5.26. The Labute approximate surface area is 130 Å². The first-order chi connectivity index (χ1) is 9.85. The number of amides is 1. The third-order valence-electron chi connectivity index (χ3n) is 3.51. The molecule has 116 valence electrons. The maximum atomic E-state index is 12.2. The highest BCUT2D eigenvalue weighted by Gasteiger charge is 2.19. The summed E-state index contributed by atoms with van der Waals surface area (Å²) in [4.78, 5) is 24.6. The minimum absolute atomic E-state index is 0.0257. The lowest BCUT2D eigenvalue weighted by atomic mass is 10.1. The predicted molar refractivity (Wildman–Crippen MR) is 83.6 cm³/mol. The molecule has 1 aromatic carbocycles. The van der Waals surface area contributed by atoms with Crippen LogP contribution in [-0.4, -0.2) is 35.0 Å². The third kappa shape index (κ3) is 5.38. The summed E-state index contributed by atoms with van der Waals surface area (Å²) in [5, 5.41) is 9.62. The molecule has 4 nitrogen and oxygen atoms in total. The van der Waals surface area contributed by atoms with Crippen LogP contribution in [0.3, 0.4) is 0 Å². The average Bonchev–Trinajstić information content (AvgIpc) is 2.45. The number of aliphatic carboxylic acids is 1. The number of hydrogen-bond donors (Lipinski definition) is 1.